The van der Waals surface area contributed by atoms with Crippen molar-refractivity contribution in [2.75, 3.05) is 0 Å². The van der Waals surface area contributed by atoms with Gasteiger partial charge < -0.3 is 9.84 Å². The number of aromatic carboxylic acids is 1. The summed E-state index contributed by atoms with van der Waals surface area (Å²) in [6, 6.07) is 24.2. The molecule has 0 spiro atoms. The van der Waals surface area contributed by atoms with Gasteiger partial charge in [-0.2, -0.15) is 5.26 Å². The molecule has 3 aromatic rings. The number of rotatable bonds is 6. The second kappa shape index (κ2) is 8.70. The molecule has 4 heteroatoms. The van der Waals surface area contributed by atoms with Gasteiger partial charge in [-0.3, -0.25) is 0 Å². The third-order valence-corrected chi connectivity index (χ3v) is 4.25. The zero-order chi connectivity index (χ0) is 19.9. The molecule has 138 valence electrons. The first-order valence-electron chi connectivity index (χ1n) is 8.79. The lowest BCUT2D eigenvalue weighted by molar-refractivity contribution is 0.0696. The molecule has 0 bridgehead atoms. The molecule has 1 N–H and O–H groups in total. The Balaban J connectivity index is 1.69. The Morgan fingerprint density at radius 3 is 2.39 bits per heavy atom. The molecular formula is C24H19NO3. The highest BCUT2D eigenvalue weighted by Crippen LogP contribution is 2.21. The number of benzene rings is 3. The molecule has 0 aliphatic rings. The minimum absolute atomic E-state index is 0.238. The van der Waals surface area contributed by atoms with Gasteiger partial charge in [-0.05, 0) is 54.0 Å². The number of nitrogens with zero attached hydrogens (tertiary/aromatic N) is 1. The summed E-state index contributed by atoms with van der Waals surface area (Å²) >= 11 is 0. The van der Waals surface area contributed by atoms with Crippen LogP contribution >= 0.6 is 0 Å². The van der Waals surface area contributed by atoms with Crippen molar-refractivity contribution >= 4 is 17.6 Å². The van der Waals surface area contributed by atoms with Gasteiger partial charge in [0, 0.05) is 0 Å². The smallest absolute Gasteiger partial charge is 0.335 e. The first-order valence-corrected chi connectivity index (χ1v) is 8.79. The topological polar surface area (TPSA) is 70.3 Å². The minimum Gasteiger partial charge on any atom is -0.489 e. The Labute approximate surface area is 164 Å². The molecule has 3 rings (SSSR count). The van der Waals surface area contributed by atoms with Crippen molar-refractivity contribution in [2.45, 2.75) is 13.5 Å². The van der Waals surface area contributed by atoms with Crippen molar-refractivity contribution in [3.63, 3.8) is 0 Å². The summed E-state index contributed by atoms with van der Waals surface area (Å²) in [6.45, 7) is 2.29. The molecular weight excluding hydrogens is 350 g/mol. The summed E-state index contributed by atoms with van der Waals surface area (Å²) in [5, 5.41) is 18.5. The lowest BCUT2D eigenvalue weighted by Crippen LogP contribution is -2.00. The van der Waals surface area contributed by atoms with Gasteiger partial charge in [0.2, 0.25) is 0 Å². The second-order valence-electron chi connectivity index (χ2n) is 6.40. The van der Waals surface area contributed by atoms with Crippen LogP contribution in [0.2, 0.25) is 0 Å². The highest BCUT2D eigenvalue weighted by Gasteiger charge is 2.04. The van der Waals surface area contributed by atoms with E-state index in [-0.39, 0.29) is 12.2 Å². The first-order chi connectivity index (χ1) is 13.5. The van der Waals surface area contributed by atoms with Gasteiger partial charge in [-0.1, -0.05) is 54.1 Å². The predicted octanol–water partition coefficient (Wildman–Crippen LogP) is 5.34. The number of nitriles is 1. The fraction of sp³-hybridized carbons (Fsp3) is 0.0833. The van der Waals surface area contributed by atoms with Crippen molar-refractivity contribution in [3.8, 4) is 11.8 Å². The summed E-state index contributed by atoms with van der Waals surface area (Å²) < 4.78 is 5.73. The number of carboxylic acid groups (broad SMARTS) is 1. The molecule has 0 amide bonds. The highest BCUT2D eigenvalue weighted by atomic mass is 16.5. The summed E-state index contributed by atoms with van der Waals surface area (Å²) in [4.78, 5) is 11.0. The zero-order valence-corrected chi connectivity index (χ0v) is 15.4. The lowest BCUT2D eigenvalue weighted by atomic mass is 10.0. The Morgan fingerprint density at radius 1 is 1.04 bits per heavy atom. The molecule has 28 heavy (non-hydrogen) atoms. The predicted molar refractivity (Wildman–Crippen MR) is 109 cm³/mol. The van der Waals surface area contributed by atoms with Gasteiger partial charge in [0.05, 0.1) is 17.2 Å². The van der Waals surface area contributed by atoms with Crippen LogP contribution in [-0.4, -0.2) is 11.1 Å². The summed E-state index contributed by atoms with van der Waals surface area (Å²) in [7, 11) is 0. The highest BCUT2D eigenvalue weighted by molar-refractivity contribution is 5.89. The number of hydrogen-bond donors (Lipinski definition) is 1. The van der Waals surface area contributed by atoms with Crippen LogP contribution < -0.4 is 4.74 Å². The molecule has 4 nitrogen and oxygen atoms in total. The Bertz CT molecular complexity index is 1040. The summed E-state index contributed by atoms with van der Waals surface area (Å²) in [5.74, 6) is -0.286. The Hall–Kier alpha value is -3.84. The number of hydrogen-bond acceptors (Lipinski definition) is 3. The van der Waals surface area contributed by atoms with E-state index >= 15 is 0 Å². The first kappa shape index (κ1) is 18.9. The molecule has 0 saturated heterocycles. The zero-order valence-electron chi connectivity index (χ0n) is 15.4. The van der Waals surface area contributed by atoms with Crippen LogP contribution in [-0.2, 0) is 6.61 Å². The molecule has 0 aliphatic heterocycles. The van der Waals surface area contributed by atoms with Crippen molar-refractivity contribution in [3.05, 3.63) is 101 Å². The molecule has 0 radical (unpaired) electrons. The molecule has 0 saturated carbocycles. The fourth-order valence-corrected chi connectivity index (χ4v) is 2.70. The van der Waals surface area contributed by atoms with Crippen LogP contribution in [0.3, 0.4) is 0 Å². The van der Waals surface area contributed by atoms with Gasteiger partial charge in [-0.25, -0.2) is 4.79 Å². The van der Waals surface area contributed by atoms with Gasteiger partial charge in [0.25, 0.3) is 0 Å². The Morgan fingerprint density at radius 2 is 1.75 bits per heavy atom. The van der Waals surface area contributed by atoms with E-state index in [1.54, 1.807) is 18.2 Å². The fourth-order valence-electron chi connectivity index (χ4n) is 2.70. The maximum atomic E-state index is 11.0. The van der Waals surface area contributed by atoms with E-state index < -0.39 is 5.97 Å². The molecule has 0 unspecified atom stereocenters. The largest absolute Gasteiger partial charge is 0.489 e. The van der Waals surface area contributed by atoms with Crippen LogP contribution in [0.25, 0.3) is 11.6 Å². The number of allylic oxidation sites excluding steroid dienone is 1. The van der Waals surface area contributed by atoms with Crippen LogP contribution in [0.1, 0.15) is 32.6 Å². The molecule has 0 aliphatic carbocycles. The van der Waals surface area contributed by atoms with Crippen molar-refractivity contribution in [1.29, 1.82) is 5.26 Å². The average molecular weight is 369 g/mol. The summed E-state index contributed by atoms with van der Waals surface area (Å²) in [5.41, 5.74) is 4.55. The number of carboxylic acids is 1. The number of carbonyl (C=O) groups is 1. The SMILES string of the molecule is Cc1ccc(/C(C#N)=C\c2ccc(OCc3cccc(C(=O)O)c3)cc2)cc1. The van der Waals surface area contributed by atoms with Crippen LogP contribution in [0.5, 0.6) is 5.75 Å². The molecule has 0 fully saturated rings. The van der Waals surface area contributed by atoms with E-state index in [1.165, 1.54) is 0 Å². The average Bonchev–Trinajstić information content (AvgIpc) is 2.72. The summed E-state index contributed by atoms with van der Waals surface area (Å²) in [6.07, 6.45) is 1.84. The van der Waals surface area contributed by atoms with Crippen molar-refractivity contribution in [2.24, 2.45) is 0 Å². The lowest BCUT2D eigenvalue weighted by Gasteiger charge is -2.07. The molecule has 0 aromatic heterocycles. The van der Waals surface area contributed by atoms with Gasteiger partial charge in [-0.15, -0.1) is 0 Å². The quantitative estimate of drug-likeness (QED) is 0.470. The van der Waals surface area contributed by atoms with Crippen LogP contribution in [0.4, 0.5) is 0 Å². The number of ether oxygens (including phenoxy) is 1. The maximum absolute atomic E-state index is 11.0. The van der Waals surface area contributed by atoms with Gasteiger partial charge in [0.1, 0.15) is 12.4 Å². The van der Waals surface area contributed by atoms with Crippen LogP contribution in [0.15, 0.2) is 72.8 Å². The van der Waals surface area contributed by atoms with Crippen LogP contribution in [0, 0.1) is 18.3 Å². The van der Waals surface area contributed by atoms with E-state index in [0.29, 0.717) is 11.3 Å². The molecule has 0 heterocycles. The second-order valence-corrected chi connectivity index (χ2v) is 6.40. The third-order valence-electron chi connectivity index (χ3n) is 4.25. The number of aryl methyl sites for hydroxylation is 1. The Kier molecular flexibility index (Phi) is 5.88. The van der Waals surface area contributed by atoms with E-state index in [0.717, 1.165) is 22.3 Å². The standard InChI is InChI=1S/C24H19NO3/c1-17-5-9-20(10-6-17)22(15-25)13-18-7-11-23(12-8-18)28-16-19-3-2-4-21(14-19)24(26)27/h2-14H,16H2,1H3,(H,26,27)/b22-13-. The maximum Gasteiger partial charge on any atom is 0.335 e. The molecule has 3 aromatic carbocycles. The monoisotopic (exact) mass is 369 g/mol. The third kappa shape index (κ3) is 4.87. The van der Waals surface area contributed by atoms with Crippen molar-refractivity contribution < 1.29 is 14.6 Å². The van der Waals surface area contributed by atoms with E-state index in [9.17, 15) is 10.1 Å². The van der Waals surface area contributed by atoms with E-state index in [2.05, 4.69) is 6.07 Å². The normalized spacial score (nSPS) is 10.9. The van der Waals surface area contributed by atoms with E-state index in [4.69, 9.17) is 9.84 Å². The van der Waals surface area contributed by atoms with Crippen molar-refractivity contribution in [1.82, 2.24) is 0 Å². The molecule has 0 atom stereocenters. The van der Waals surface area contributed by atoms with Gasteiger partial charge in [0.15, 0.2) is 0 Å². The van der Waals surface area contributed by atoms with E-state index in [1.807, 2.05) is 67.6 Å². The van der Waals surface area contributed by atoms with Gasteiger partial charge >= 0.3 is 5.97 Å². The minimum atomic E-state index is -0.958.